The summed E-state index contributed by atoms with van der Waals surface area (Å²) in [7, 11) is 0. The van der Waals surface area contributed by atoms with Gasteiger partial charge in [-0.25, -0.2) is 0 Å². The molecule has 4 nitrogen and oxygen atoms in total. The molecule has 0 atom stereocenters. The predicted molar refractivity (Wildman–Crippen MR) is 107 cm³/mol. The minimum Gasteiger partial charge on any atom is -0.377 e. The number of aryl methyl sites for hydroxylation is 2. The van der Waals surface area contributed by atoms with Crippen molar-refractivity contribution in [1.29, 1.82) is 0 Å². The Labute approximate surface area is 159 Å². The second-order valence-corrected chi connectivity index (χ2v) is 9.13. The van der Waals surface area contributed by atoms with E-state index < -0.39 is 0 Å². The van der Waals surface area contributed by atoms with E-state index in [2.05, 4.69) is 49.9 Å². The van der Waals surface area contributed by atoms with E-state index in [1.54, 1.807) is 0 Å². The van der Waals surface area contributed by atoms with E-state index in [1.165, 1.54) is 17.5 Å². The van der Waals surface area contributed by atoms with Crippen LogP contribution in [0, 0.1) is 6.92 Å². The van der Waals surface area contributed by atoms with Gasteiger partial charge in [0.15, 0.2) is 0 Å². The highest BCUT2D eigenvalue weighted by Crippen LogP contribution is 2.32. The van der Waals surface area contributed by atoms with Crippen molar-refractivity contribution in [2.45, 2.75) is 83.8 Å². The highest BCUT2D eigenvalue weighted by molar-refractivity contribution is 5.77. The summed E-state index contributed by atoms with van der Waals surface area (Å²) in [5.41, 5.74) is 7.81. The lowest BCUT2D eigenvalue weighted by Gasteiger charge is -2.47. The van der Waals surface area contributed by atoms with E-state index in [0.717, 1.165) is 19.3 Å². The van der Waals surface area contributed by atoms with Gasteiger partial charge in [0.05, 0.1) is 18.8 Å². The minimum atomic E-state index is -0.354. The Hall–Kier alpha value is -1.39. The lowest BCUT2D eigenvalue weighted by atomic mass is 9.87. The summed E-state index contributed by atoms with van der Waals surface area (Å²) in [6.07, 6.45) is 4.74. The number of carbonyl (C=O) groups is 1. The number of ether oxygens (including phenoxy) is 1. The molecule has 26 heavy (non-hydrogen) atoms. The monoisotopic (exact) mass is 360 g/mol. The van der Waals surface area contributed by atoms with Crippen LogP contribution in [0.25, 0.3) is 0 Å². The highest BCUT2D eigenvalue weighted by Gasteiger charge is 2.39. The third-order valence-corrected chi connectivity index (χ3v) is 5.04. The summed E-state index contributed by atoms with van der Waals surface area (Å²) in [5.74, 6) is 0.232. The van der Waals surface area contributed by atoms with Crippen LogP contribution < -0.4 is 5.73 Å². The minimum absolute atomic E-state index is 0.232. The summed E-state index contributed by atoms with van der Waals surface area (Å²) in [5, 5.41) is 0. The van der Waals surface area contributed by atoms with Crippen molar-refractivity contribution in [2.24, 2.45) is 5.73 Å². The zero-order valence-electron chi connectivity index (χ0n) is 17.2. The van der Waals surface area contributed by atoms with Crippen molar-refractivity contribution in [3.8, 4) is 0 Å². The molecule has 0 aromatic heterocycles. The third kappa shape index (κ3) is 6.10. The van der Waals surface area contributed by atoms with Crippen LogP contribution in [0.3, 0.4) is 0 Å². The normalized spacial score (nSPS) is 15.6. The maximum absolute atomic E-state index is 13.1. The van der Waals surface area contributed by atoms with Gasteiger partial charge in [0, 0.05) is 18.0 Å². The van der Waals surface area contributed by atoms with Crippen LogP contribution in [0.2, 0.25) is 0 Å². The average molecular weight is 361 g/mol. The number of amides is 1. The molecule has 0 spiro atoms. The fourth-order valence-corrected chi connectivity index (χ4v) is 3.44. The van der Waals surface area contributed by atoms with E-state index in [4.69, 9.17) is 10.5 Å². The molecular formula is C22H36N2O2. The number of hydrogen-bond donors (Lipinski definition) is 1. The lowest BCUT2D eigenvalue weighted by molar-refractivity contribution is -0.146. The molecule has 0 unspecified atom stereocenters. The van der Waals surface area contributed by atoms with E-state index >= 15 is 0 Å². The van der Waals surface area contributed by atoms with Crippen LogP contribution in [-0.4, -0.2) is 41.1 Å². The van der Waals surface area contributed by atoms with Crippen LogP contribution in [-0.2, 0) is 16.0 Å². The molecule has 4 heteroatoms. The summed E-state index contributed by atoms with van der Waals surface area (Å²) >= 11 is 0. The summed E-state index contributed by atoms with van der Waals surface area (Å²) in [4.78, 5) is 15.2. The van der Waals surface area contributed by atoms with Crippen molar-refractivity contribution in [1.82, 2.24) is 4.90 Å². The SMILES string of the molecule is Cc1ccc(CCC(=O)N(C2CCC2)C(C)(C)COCC(C)(C)N)cc1. The maximum atomic E-state index is 13.1. The van der Waals surface area contributed by atoms with Gasteiger partial charge < -0.3 is 15.4 Å². The molecule has 2 rings (SSSR count). The Balaban J connectivity index is 1.98. The largest absolute Gasteiger partial charge is 0.377 e. The number of benzene rings is 1. The van der Waals surface area contributed by atoms with Gasteiger partial charge in [-0.05, 0) is 65.9 Å². The fourth-order valence-electron chi connectivity index (χ4n) is 3.44. The predicted octanol–water partition coefficient (Wildman–Crippen LogP) is 3.84. The Morgan fingerprint density at radius 1 is 1.15 bits per heavy atom. The molecule has 0 radical (unpaired) electrons. The van der Waals surface area contributed by atoms with E-state index in [0.29, 0.717) is 25.7 Å². The quantitative estimate of drug-likeness (QED) is 0.728. The molecule has 146 valence electrons. The smallest absolute Gasteiger partial charge is 0.223 e. The van der Waals surface area contributed by atoms with Crippen LogP contribution >= 0.6 is 0 Å². The van der Waals surface area contributed by atoms with Gasteiger partial charge in [0.2, 0.25) is 5.91 Å². The second-order valence-electron chi connectivity index (χ2n) is 9.13. The van der Waals surface area contributed by atoms with E-state index in [-0.39, 0.29) is 17.0 Å². The molecule has 1 aromatic carbocycles. The second kappa shape index (κ2) is 8.53. The number of nitrogens with two attached hydrogens (primary N) is 1. The van der Waals surface area contributed by atoms with Crippen LogP contribution in [0.5, 0.6) is 0 Å². The van der Waals surface area contributed by atoms with Crippen LogP contribution in [0.15, 0.2) is 24.3 Å². The average Bonchev–Trinajstić information content (AvgIpc) is 2.48. The summed E-state index contributed by atoms with van der Waals surface area (Å²) < 4.78 is 5.87. The van der Waals surface area contributed by atoms with Gasteiger partial charge in [0.1, 0.15) is 0 Å². The Bertz CT molecular complexity index is 583. The zero-order valence-corrected chi connectivity index (χ0v) is 17.2. The summed E-state index contributed by atoms with van der Waals surface area (Å²) in [6.45, 7) is 11.2. The molecule has 1 aliphatic rings. The van der Waals surface area contributed by atoms with Crippen molar-refractivity contribution < 1.29 is 9.53 Å². The number of carbonyl (C=O) groups excluding carboxylic acids is 1. The van der Waals surface area contributed by atoms with E-state index in [9.17, 15) is 4.79 Å². The number of hydrogen-bond acceptors (Lipinski definition) is 3. The lowest BCUT2D eigenvalue weighted by Crippen LogP contribution is -2.58. The van der Waals surface area contributed by atoms with Crippen molar-refractivity contribution in [3.63, 3.8) is 0 Å². The molecule has 0 bridgehead atoms. The van der Waals surface area contributed by atoms with Gasteiger partial charge in [0.25, 0.3) is 0 Å². The van der Waals surface area contributed by atoms with Gasteiger partial charge in [-0.1, -0.05) is 29.8 Å². The number of rotatable bonds is 9. The Morgan fingerprint density at radius 2 is 1.77 bits per heavy atom. The van der Waals surface area contributed by atoms with Gasteiger partial charge in [-0.3, -0.25) is 4.79 Å². The van der Waals surface area contributed by atoms with Gasteiger partial charge >= 0.3 is 0 Å². The standard InChI is InChI=1S/C22H36N2O2/c1-17-9-11-18(12-10-17)13-14-20(25)24(19-7-6-8-19)22(4,5)16-26-15-21(2,3)23/h9-12,19H,6-8,13-16,23H2,1-5H3. The molecule has 0 saturated heterocycles. The summed E-state index contributed by atoms with van der Waals surface area (Å²) in [6, 6.07) is 8.80. The Morgan fingerprint density at radius 3 is 2.27 bits per heavy atom. The molecule has 1 aromatic rings. The van der Waals surface area contributed by atoms with Crippen LogP contribution in [0.4, 0.5) is 0 Å². The van der Waals surface area contributed by atoms with Gasteiger partial charge in [-0.15, -0.1) is 0 Å². The highest BCUT2D eigenvalue weighted by atomic mass is 16.5. The molecular weight excluding hydrogens is 324 g/mol. The zero-order chi connectivity index (χ0) is 19.4. The molecule has 0 aliphatic heterocycles. The molecule has 1 fully saturated rings. The molecule has 2 N–H and O–H groups in total. The van der Waals surface area contributed by atoms with Gasteiger partial charge in [-0.2, -0.15) is 0 Å². The first kappa shape index (κ1) is 20.9. The first-order chi connectivity index (χ1) is 12.1. The molecule has 1 saturated carbocycles. The molecule has 1 amide bonds. The first-order valence-electron chi connectivity index (χ1n) is 9.83. The van der Waals surface area contributed by atoms with E-state index in [1.807, 2.05) is 13.8 Å². The topological polar surface area (TPSA) is 55.6 Å². The van der Waals surface area contributed by atoms with Crippen LogP contribution in [0.1, 0.15) is 64.5 Å². The Kier molecular flexibility index (Phi) is 6.86. The molecule has 0 heterocycles. The number of nitrogens with zero attached hydrogens (tertiary/aromatic N) is 1. The first-order valence-corrected chi connectivity index (χ1v) is 9.83. The van der Waals surface area contributed by atoms with Crippen molar-refractivity contribution in [3.05, 3.63) is 35.4 Å². The maximum Gasteiger partial charge on any atom is 0.223 e. The van der Waals surface area contributed by atoms with Crippen molar-refractivity contribution in [2.75, 3.05) is 13.2 Å². The fraction of sp³-hybridized carbons (Fsp3) is 0.682. The molecule has 1 aliphatic carbocycles. The third-order valence-electron chi connectivity index (χ3n) is 5.04. The van der Waals surface area contributed by atoms with Crippen molar-refractivity contribution >= 4 is 5.91 Å².